The Kier molecular flexibility index (Phi) is 6.18. The number of nitrogens with one attached hydrogen (secondary N) is 1. The van der Waals surface area contributed by atoms with Crippen molar-refractivity contribution in [3.05, 3.63) is 65.4 Å². The summed E-state index contributed by atoms with van der Waals surface area (Å²) in [4.78, 5) is 15.8. The zero-order valence-corrected chi connectivity index (χ0v) is 17.8. The third kappa shape index (κ3) is 4.74. The number of ether oxygens (including phenoxy) is 3. The molecule has 0 spiro atoms. The molecular weight excluding hydrogens is 400 g/mol. The van der Waals surface area contributed by atoms with Gasteiger partial charge in [-0.15, -0.1) is 0 Å². The molecule has 0 aliphatic carbocycles. The lowest BCUT2D eigenvalue weighted by Crippen LogP contribution is -2.26. The van der Waals surface area contributed by atoms with Crippen molar-refractivity contribution in [1.82, 2.24) is 10.3 Å². The third-order valence-electron chi connectivity index (χ3n) is 4.89. The highest BCUT2D eigenvalue weighted by molar-refractivity contribution is 7.15. The van der Waals surface area contributed by atoms with Crippen LogP contribution in [0.2, 0.25) is 0 Å². The second-order valence-electron chi connectivity index (χ2n) is 7.13. The van der Waals surface area contributed by atoms with E-state index in [4.69, 9.17) is 14.2 Å². The van der Waals surface area contributed by atoms with Gasteiger partial charge in [-0.25, -0.2) is 9.78 Å². The van der Waals surface area contributed by atoms with Gasteiger partial charge in [0, 0.05) is 6.54 Å². The Morgan fingerprint density at radius 1 is 1.30 bits per heavy atom. The first-order valence-electron chi connectivity index (χ1n) is 10.1. The number of benzene rings is 2. The van der Waals surface area contributed by atoms with Gasteiger partial charge in [0.2, 0.25) is 5.06 Å². The predicted molar refractivity (Wildman–Crippen MR) is 116 cm³/mol. The minimum Gasteiger partial charge on any atom is -0.485 e. The van der Waals surface area contributed by atoms with E-state index in [-0.39, 0.29) is 6.10 Å². The van der Waals surface area contributed by atoms with Crippen molar-refractivity contribution in [2.75, 3.05) is 6.54 Å². The van der Waals surface area contributed by atoms with Gasteiger partial charge >= 0.3 is 6.09 Å². The number of carbonyl (C=O) groups excluding carboxylic acids is 1. The van der Waals surface area contributed by atoms with Crippen LogP contribution in [0, 0.1) is 6.92 Å². The highest BCUT2D eigenvalue weighted by atomic mass is 32.1. The van der Waals surface area contributed by atoms with Crippen molar-refractivity contribution in [3.8, 4) is 21.8 Å². The third-order valence-corrected chi connectivity index (χ3v) is 5.65. The molecule has 7 heteroatoms. The zero-order chi connectivity index (χ0) is 20.9. The van der Waals surface area contributed by atoms with Crippen molar-refractivity contribution in [1.29, 1.82) is 0 Å². The molecule has 2 heterocycles. The van der Waals surface area contributed by atoms with Crippen LogP contribution in [-0.2, 0) is 6.42 Å². The van der Waals surface area contributed by atoms with Gasteiger partial charge in [-0.05, 0) is 72.4 Å². The monoisotopic (exact) mass is 424 g/mol. The fourth-order valence-corrected chi connectivity index (χ4v) is 4.03. The van der Waals surface area contributed by atoms with E-state index in [0.29, 0.717) is 22.6 Å². The summed E-state index contributed by atoms with van der Waals surface area (Å²) in [5.41, 5.74) is 3.60. The molecule has 6 nitrogen and oxygen atoms in total. The van der Waals surface area contributed by atoms with E-state index < -0.39 is 6.09 Å². The van der Waals surface area contributed by atoms with Crippen LogP contribution in [-0.4, -0.2) is 17.6 Å². The van der Waals surface area contributed by atoms with E-state index in [1.165, 1.54) is 28.7 Å². The molecule has 156 valence electrons. The summed E-state index contributed by atoms with van der Waals surface area (Å²) in [7, 11) is 0. The first kappa shape index (κ1) is 20.2. The molecule has 4 rings (SSSR count). The van der Waals surface area contributed by atoms with Crippen LogP contribution in [0.1, 0.15) is 42.6 Å². The molecule has 0 bridgehead atoms. The number of nitrogens with zero attached hydrogens (tertiary/aromatic N) is 1. The Morgan fingerprint density at radius 3 is 3.00 bits per heavy atom. The number of fused-ring (bicyclic) bond motifs is 1. The lowest BCUT2D eigenvalue weighted by molar-refractivity contribution is 0.175. The van der Waals surface area contributed by atoms with Crippen molar-refractivity contribution in [3.63, 3.8) is 0 Å². The van der Waals surface area contributed by atoms with Gasteiger partial charge in [0.05, 0.1) is 6.20 Å². The molecule has 1 amide bonds. The molecule has 30 heavy (non-hydrogen) atoms. The highest BCUT2D eigenvalue weighted by Gasteiger charge is 2.23. The quantitative estimate of drug-likeness (QED) is 0.541. The number of carbonyl (C=O) groups is 1. The van der Waals surface area contributed by atoms with Crippen LogP contribution in [0.25, 0.3) is 0 Å². The summed E-state index contributed by atoms with van der Waals surface area (Å²) < 4.78 is 17.3. The largest absolute Gasteiger partial charge is 0.485 e. The molecule has 1 aliphatic rings. The molecule has 2 aromatic carbocycles. The second kappa shape index (κ2) is 9.17. The second-order valence-corrected chi connectivity index (χ2v) is 8.09. The average Bonchev–Trinajstić information content (AvgIpc) is 3.18. The Hall–Kier alpha value is -3.06. The molecule has 0 saturated heterocycles. The molecule has 1 aromatic heterocycles. The fraction of sp³-hybridized carbons (Fsp3) is 0.304. The molecule has 0 saturated carbocycles. The molecule has 1 N–H and O–H groups in total. The summed E-state index contributed by atoms with van der Waals surface area (Å²) >= 11 is 1.18. The lowest BCUT2D eigenvalue weighted by Gasteiger charge is -2.27. The summed E-state index contributed by atoms with van der Waals surface area (Å²) in [5.74, 6) is 1.57. The summed E-state index contributed by atoms with van der Waals surface area (Å²) in [6, 6.07) is 14.1. The number of hydrogen-bond donors (Lipinski definition) is 1. The van der Waals surface area contributed by atoms with Gasteiger partial charge in [-0.2, -0.15) is 0 Å². The van der Waals surface area contributed by atoms with Crippen LogP contribution in [0.3, 0.4) is 0 Å². The van der Waals surface area contributed by atoms with E-state index in [1.807, 2.05) is 31.2 Å². The number of amides is 1. The number of hydrogen-bond acceptors (Lipinski definition) is 6. The number of aromatic nitrogens is 1. The molecule has 1 aliphatic heterocycles. The molecule has 3 aromatic rings. The number of thiazole rings is 1. The van der Waals surface area contributed by atoms with Crippen LogP contribution in [0.5, 0.6) is 21.8 Å². The van der Waals surface area contributed by atoms with Gasteiger partial charge in [0.15, 0.2) is 0 Å². The predicted octanol–water partition coefficient (Wildman–Crippen LogP) is 5.81. The van der Waals surface area contributed by atoms with E-state index in [1.54, 1.807) is 0 Å². The van der Waals surface area contributed by atoms with Gasteiger partial charge in [-0.3, -0.25) is 0 Å². The Bertz CT molecular complexity index is 1030. The van der Waals surface area contributed by atoms with Gasteiger partial charge in [0.25, 0.3) is 5.19 Å². The average molecular weight is 425 g/mol. The Balaban J connectivity index is 1.40. The maximum absolute atomic E-state index is 11.6. The standard InChI is InChI=1S/C23H24N2O4S/c1-3-12-24-22(26)29-21-14-25-23(30-21)27-17-9-11-19-16(13-17)8-10-20(28-19)18-7-5-4-6-15(18)2/h4-7,9,11,13-14,20H,3,8,10,12H2,1-2H3,(H,24,26). The minimum atomic E-state index is -0.485. The maximum atomic E-state index is 11.6. The molecule has 1 atom stereocenters. The highest BCUT2D eigenvalue weighted by Crippen LogP contribution is 2.39. The zero-order valence-electron chi connectivity index (χ0n) is 17.0. The SMILES string of the molecule is CCCNC(=O)Oc1cnc(Oc2ccc3c(c2)CCC(c2ccccc2C)O3)s1. The van der Waals surface area contributed by atoms with Crippen molar-refractivity contribution >= 4 is 17.4 Å². The van der Waals surface area contributed by atoms with Gasteiger partial charge in [-0.1, -0.05) is 31.2 Å². The Labute approximate surface area is 179 Å². The van der Waals surface area contributed by atoms with E-state index in [9.17, 15) is 4.79 Å². The fourth-order valence-electron chi connectivity index (χ4n) is 3.39. The first-order valence-corrected chi connectivity index (χ1v) is 10.9. The van der Waals surface area contributed by atoms with Crippen LogP contribution >= 0.6 is 11.3 Å². The molecule has 0 fully saturated rings. The molecule has 1 unspecified atom stereocenters. The smallest absolute Gasteiger partial charge is 0.413 e. The first-order chi connectivity index (χ1) is 14.6. The van der Waals surface area contributed by atoms with Gasteiger partial charge < -0.3 is 19.5 Å². The number of aryl methyl sites for hydroxylation is 2. The summed E-state index contributed by atoms with van der Waals surface area (Å²) in [6.45, 7) is 4.67. The normalized spacial score (nSPS) is 15.1. The van der Waals surface area contributed by atoms with E-state index in [2.05, 4.69) is 35.4 Å². The molecular formula is C23H24N2O4S. The maximum Gasteiger partial charge on any atom is 0.413 e. The summed E-state index contributed by atoms with van der Waals surface area (Å²) in [5, 5.41) is 3.46. The topological polar surface area (TPSA) is 69.7 Å². The lowest BCUT2D eigenvalue weighted by atomic mass is 9.95. The molecule has 0 radical (unpaired) electrons. The van der Waals surface area contributed by atoms with E-state index in [0.717, 1.165) is 30.6 Å². The van der Waals surface area contributed by atoms with Crippen LogP contribution < -0.4 is 19.5 Å². The van der Waals surface area contributed by atoms with Crippen LogP contribution in [0.15, 0.2) is 48.7 Å². The van der Waals surface area contributed by atoms with Crippen molar-refractivity contribution < 1.29 is 19.0 Å². The minimum absolute atomic E-state index is 0.0722. The number of rotatable bonds is 6. The van der Waals surface area contributed by atoms with Crippen LogP contribution in [0.4, 0.5) is 4.79 Å². The van der Waals surface area contributed by atoms with Crippen molar-refractivity contribution in [2.24, 2.45) is 0 Å². The van der Waals surface area contributed by atoms with Crippen molar-refractivity contribution in [2.45, 2.75) is 39.2 Å². The van der Waals surface area contributed by atoms with E-state index >= 15 is 0 Å². The summed E-state index contributed by atoms with van der Waals surface area (Å²) in [6.07, 6.45) is 3.75. The Morgan fingerprint density at radius 2 is 2.17 bits per heavy atom. The van der Waals surface area contributed by atoms with Gasteiger partial charge in [0.1, 0.15) is 17.6 Å².